The third-order valence-corrected chi connectivity index (χ3v) is 3.15. The summed E-state index contributed by atoms with van der Waals surface area (Å²) >= 11 is 0. The molecule has 0 spiro atoms. The summed E-state index contributed by atoms with van der Waals surface area (Å²) in [6, 6.07) is 0. The standard InChI is InChI=1S/C12H20F8N/c13-9-7-5-3-1-2-4-6-8-10-21(20,11(14,15)16)12(17,18)19/h1-10H2/q+1. The van der Waals surface area contributed by atoms with E-state index in [1.807, 2.05) is 0 Å². The van der Waals surface area contributed by atoms with E-state index >= 15 is 0 Å². The Kier molecular flexibility index (Phi) is 8.50. The van der Waals surface area contributed by atoms with E-state index in [0.29, 0.717) is 25.7 Å². The minimum absolute atomic E-state index is 0.0964. The van der Waals surface area contributed by atoms with Crippen LogP contribution in [0.25, 0.3) is 0 Å². The maximum atomic E-state index is 13.2. The first kappa shape index (κ1) is 20.4. The van der Waals surface area contributed by atoms with Crippen molar-refractivity contribution in [2.45, 2.75) is 64.0 Å². The molecule has 0 saturated carbocycles. The van der Waals surface area contributed by atoms with Crippen LogP contribution in [0.5, 0.6) is 0 Å². The molecule has 21 heavy (non-hydrogen) atoms. The lowest BCUT2D eigenvalue weighted by Crippen LogP contribution is -2.60. The van der Waals surface area contributed by atoms with Crippen molar-refractivity contribution in [1.82, 2.24) is 0 Å². The summed E-state index contributed by atoms with van der Waals surface area (Å²) in [5.41, 5.74) is 0. The predicted octanol–water partition coefficient (Wildman–Crippen LogP) is 5.82. The molecule has 0 amide bonds. The highest BCUT2D eigenvalue weighted by atomic mass is 19.4. The fourth-order valence-corrected chi connectivity index (χ4v) is 1.88. The molecule has 0 aromatic carbocycles. The summed E-state index contributed by atoms with van der Waals surface area (Å²) in [6.45, 7) is -2.06. The molecule has 0 aromatic heterocycles. The smallest absolute Gasteiger partial charge is 0.251 e. The zero-order valence-electron chi connectivity index (χ0n) is 11.5. The first-order valence-corrected chi connectivity index (χ1v) is 6.83. The second-order valence-corrected chi connectivity index (χ2v) is 4.89. The fraction of sp³-hybridized carbons (Fsp3) is 1.00. The van der Waals surface area contributed by atoms with E-state index in [2.05, 4.69) is 0 Å². The van der Waals surface area contributed by atoms with Crippen LogP contribution >= 0.6 is 0 Å². The number of alkyl halides is 7. The predicted molar refractivity (Wildman–Crippen MR) is 61.3 cm³/mol. The highest BCUT2D eigenvalue weighted by molar-refractivity contribution is 4.48. The van der Waals surface area contributed by atoms with Crippen LogP contribution in [-0.2, 0) is 0 Å². The number of quaternary nitrogens is 1. The van der Waals surface area contributed by atoms with Crippen LogP contribution in [0.4, 0.5) is 35.2 Å². The largest absolute Gasteiger partial charge is 0.605 e. The molecule has 1 nitrogen and oxygen atoms in total. The summed E-state index contributed by atoms with van der Waals surface area (Å²) in [5.74, 6) is 0. The van der Waals surface area contributed by atoms with E-state index < -0.39 is 36.9 Å². The fourth-order valence-electron chi connectivity index (χ4n) is 1.88. The Morgan fingerprint density at radius 1 is 0.571 bits per heavy atom. The van der Waals surface area contributed by atoms with Crippen molar-refractivity contribution in [1.29, 1.82) is 0 Å². The highest BCUT2D eigenvalue weighted by Gasteiger charge is 2.74. The molecule has 0 aliphatic heterocycles. The van der Waals surface area contributed by atoms with Crippen molar-refractivity contribution in [3.05, 3.63) is 0 Å². The monoisotopic (exact) mass is 330 g/mol. The minimum atomic E-state index is -6.01. The van der Waals surface area contributed by atoms with Gasteiger partial charge in [-0.05, 0) is 12.8 Å². The molecule has 128 valence electrons. The molecule has 0 aliphatic rings. The second kappa shape index (κ2) is 8.75. The lowest BCUT2D eigenvalue weighted by atomic mass is 10.1. The Balaban J connectivity index is 3.97. The first-order valence-electron chi connectivity index (χ1n) is 6.83. The van der Waals surface area contributed by atoms with E-state index in [-0.39, 0.29) is 6.42 Å². The molecule has 0 bridgehead atoms. The van der Waals surface area contributed by atoms with Gasteiger partial charge in [-0.2, -0.15) is 0 Å². The van der Waals surface area contributed by atoms with E-state index in [9.17, 15) is 35.2 Å². The SMILES string of the molecule is FCCCCCCCCCC[N+](F)(C(F)(F)F)C(F)(F)F. The average molecular weight is 330 g/mol. The van der Waals surface area contributed by atoms with Crippen LogP contribution in [0.1, 0.15) is 51.4 Å². The second-order valence-electron chi connectivity index (χ2n) is 4.89. The average Bonchev–Trinajstić information content (AvgIpc) is 2.33. The lowest BCUT2D eigenvalue weighted by molar-refractivity contribution is -1.20. The van der Waals surface area contributed by atoms with Crippen LogP contribution in [0.3, 0.4) is 0 Å². The molecule has 0 heterocycles. The van der Waals surface area contributed by atoms with E-state index in [4.69, 9.17) is 0 Å². The van der Waals surface area contributed by atoms with E-state index in [1.54, 1.807) is 0 Å². The van der Waals surface area contributed by atoms with Crippen molar-refractivity contribution >= 4 is 0 Å². The molecule has 0 atom stereocenters. The molecule has 9 heteroatoms. The molecular formula is C12H20F8N+. The molecule has 0 radical (unpaired) electrons. The third-order valence-electron chi connectivity index (χ3n) is 3.15. The Bertz CT molecular complexity index is 259. The molecule has 0 saturated heterocycles. The van der Waals surface area contributed by atoms with Gasteiger partial charge in [0, 0.05) is 10.9 Å². The zero-order valence-corrected chi connectivity index (χ0v) is 11.5. The van der Waals surface area contributed by atoms with E-state index in [0.717, 1.165) is 12.8 Å². The van der Waals surface area contributed by atoms with Crippen LogP contribution in [0.15, 0.2) is 0 Å². The normalized spacial score (nSPS) is 13.7. The van der Waals surface area contributed by atoms with Crippen molar-refractivity contribution in [3.8, 4) is 0 Å². The maximum Gasteiger partial charge on any atom is 0.605 e. The van der Waals surface area contributed by atoms with Gasteiger partial charge in [0.1, 0.15) is 6.54 Å². The number of hydrogen-bond acceptors (Lipinski definition) is 0. The summed E-state index contributed by atoms with van der Waals surface area (Å²) in [5, 5.41) is 0. The summed E-state index contributed by atoms with van der Waals surface area (Å²) < 4.78 is 93.7. The van der Waals surface area contributed by atoms with Crippen LogP contribution < -0.4 is 0 Å². The van der Waals surface area contributed by atoms with Crippen molar-refractivity contribution in [2.24, 2.45) is 0 Å². The van der Waals surface area contributed by atoms with Gasteiger partial charge in [0.15, 0.2) is 0 Å². The number of rotatable bonds is 10. The van der Waals surface area contributed by atoms with Crippen LogP contribution in [0.2, 0.25) is 0 Å². The summed E-state index contributed by atoms with van der Waals surface area (Å²) in [7, 11) is 0. The summed E-state index contributed by atoms with van der Waals surface area (Å²) in [6.07, 6.45) is -8.66. The Hall–Kier alpha value is -0.600. The molecule has 0 rings (SSSR count). The number of hydrogen-bond donors (Lipinski definition) is 0. The number of unbranched alkanes of at least 4 members (excludes halogenated alkanes) is 7. The van der Waals surface area contributed by atoms with Gasteiger partial charge in [-0.15, -0.1) is 26.3 Å². The summed E-state index contributed by atoms with van der Waals surface area (Å²) in [4.78, 5) is 0. The Morgan fingerprint density at radius 3 is 1.24 bits per heavy atom. The molecule has 0 aromatic rings. The molecule has 0 unspecified atom stereocenters. The van der Waals surface area contributed by atoms with Gasteiger partial charge in [0.05, 0.1) is 11.4 Å². The number of halogens is 8. The van der Waals surface area contributed by atoms with Gasteiger partial charge in [0.2, 0.25) is 0 Å². The topological polar surface area (TPSA) is 0 Å². The van der Waals surface area contributed by atoms with Gasteiger partial charge in [-0.1, -0.05) is 32.1 Å². The van der Waals surface area contributed by atoms with Crippen molar-refractivity contribution in [2.75, 3.05) is 13.2 Å². The molecule has 0 fully saturated rings. The number of nitrogens with zero attached hydrogens (tertiary/aromatic N) is 1. The molecule has 0 N–H and O–H groups in total. The van der Waals surface area contributed by atoms with Gasteiger partial charge in [0.25, 0.3) is 0 Å². The maximum absolute atomic E-state index is 13.2. The van der Waals surface area contributed by atoms with Crippen molar-refractivity contribution in [3.63, 3.8) is 0 Å². The molecule has 0 aliphatic carbocycles. The zero-order chi connectivity index (χ0) is 16.6. The van der Waals surface area contributed by atoms with E-state index in [1.165, 1.54) is 0 Å². The first-order chi connectivity index (χ1) is 9.56. The van der Waals surface area contributed by atoms with Gasteiger partial charge < -0.3 is 0 Å². The quantitative estimate of drug-likeness (QED) is 0.205. The van der Waals surface area contributed by atoms with Gasteiger partial charge in [-0.25, -0.2) is 0 Å². The molecular weight excluding hydrogens is 310 g/mol. The van der Waals surface area contributed by atoms with Gasteiger partial charge in [-0.3, -0.25) is 4.39 Å². The van der Waals surface area contributed by atoms with Crippen LogP contribution in [0, 0.1) is 0 Å². The lowest BCUT2D eigenvalue weighted by Gasteiger charge is -2.27. The van der Waals surface area contributed by atoms with Crippen molar-refractivity contribution < 1.29 is 39.9 Å². The Morgan fingerprint density at radius 2 is 0.905 bits per heavy atom. The Labute approximate surface area is 118 Å². The highest BCUT2D eigenvalue weighted by Crippen LogP contribution is 2.43. The van der Waals surface area contributed by atoms with Gasteiger partial charge >= 0.3 is 12.6 Å². The minimum Gasteiger partial charge on any atom is -0.251 e. The van der Waals surface area contributed by atoms with Crippen LogP contribution in [-0.4, -0.2) is 30.5 Å². The third kappa shape index (κ3) is 6.80.